The lowest BCUT2D eigenvalue weighted by molar-refractivity contribution is -0.137. The molecule has 3 aromatic rings. The average Bonchev–Trinajstić information content (AvgIpc) is 2.99. The van der Waals surface area contributed by atoms with Crippen LogP contribution in [0.15, 0.2) is 60.8 Å². The predicted octanol–water partition coefficient (Wildman–Crippen LogP) is 3.49. The molecule has 1 heterocycles. The first kappa shape index (κ1) is 15.8. The van der Waals surface area contributed by atoms with Gasteiger partial charge in [-0.1, -0.05) is 48.5 Å². The summed E-state index contributed by atoms with van der Waals surface area (Å²) in [6.45, 7) is 0. The van der Waals surface area contributed by atoms with Crippen LogP contribution in [0.3, 0.4) is 0 Å². The van der Waals surface area contributed by atoms with E-state index in [1.807, 2.05) is 59.2 Å². The van der Waals surface area contributed by atoms with Crippen LogP contribution < -0.4 is 0 Å². The Balaban J connectivity index is 2.21. The molecule has 5 nitrogen and oxygen atoms in total. The monoisotopic (exact) mass is 323 g/mol. The number of aliphatic carboxylic acids is 1. The zero-order chi connectivity index (χ0) is 17.1. The van der Waals surface area contributed by atoms with Gasteiger partial charge in [-0.3, -0.25) is 4.79 Å². The molecule has 0 aliphatic rings. The number of para-hydroxylation sites is 1. The third-order valence-electron chi connectivity index (χ3n) is 4.03. The number of nitrogens with zero attached hydrogens (tertiary/aromatic N) is 1. The summed E-state index contributed by atoms with van der Waals surface area (Å²) in [7, 11) is 1.33. The Kier molecular flexibility index (Phi) is 4.33. The fourth-order valence-corrected chi connectivity index (χ4v) is 2.95. The highest BCUT2D eigenvalue weighted by molar-refractivity contribution is 6.04. The maximum Gasteiger partial charge on any atom is 0.340 e. The van der Waals surface area contributed by atoms with Crippen molar-refractivity contribution in [1.82, 2.24) is 4.57 Å². The number of rotatable bonds is 5. The Morgan fingerprint density at radius 1 is 1.08 bits per heavy atom. The quantitative estimate of drug-likeness (QED) is 0.730. The maximum absolute atomic E-state index is 12.1. The topological polar surface area (TPSA) is 68.5 Å². The highest BCUT2D eigenvalue weighted by Crippen LogP contribution is 2.30. The number of carboxylic acid groups (broad SMARTS) is 1. The molecule has 0 saturated carbocycles. The molecule has 122 valence electrons. The molecule has 1 aromatic heterocycles. The molecule has 24 heavy (non-hydrogen) atoms. The SMILES string of the molecule is COC(=O)c1cn([C@H](CC(=O)O)c2ccccc2)c2ccccc12. The number of fused-ring (bicyclic) bond motifs is 1. The lowest BCUT2D eigenvalue weighted by Crippen LogP contribution is -2.14. The number of carbonyl (C=O) groups excluding carboxylic acids is 1. The van der Waals surface area contributed by atoms with Gasteiger partial charge in [0, 0.05) is 17.1 Å². The van der Waals surface area contributed by atoms with Crippen molar-refractivity contribution in [2.45, 2.75) is 12.5 Å². The first-order valence-electron chi connectivity index (χ1n) is 7.56. The highest BCUT2D eigenvalue weighted by atomic mass is 16.5. The van der Waals surface area contributed by atoms with Crippen molar-refractivity contribution in [3.8, 4) is 0 Å². The summed E-state index contributed by atoms with van der Waals surface area (Å²) in [5.41, 5.74) is 2.10. The van der Waals surface area contributed by atoms with E-state index in [9.17, 15) is 14.7 Å². The number of methoxy groups -OCH3 is 1. The molecule has 0 bridgehead atoms. The first-order valence-corrected chi connectivity index (χ1v) is 7.56. The third kappa shape index (κ3) is 2.88. The number of ether oxygens (including phenoxy) is 1. The molecule has 3 rings (SSSR count). The Morgan fingerprint density at radius 2 is 1.75 bits per heavy atom. The van der Waals surface area contributed by atoms with E-state index in [0.29, 0.717) is 5.56 Å². The van der Waals surface area contributed by atoms with Crippen LogP contribution in [-0.4, -0.2) is 28.7 Å². The van der Waals surface area contributed by atoms with Crippen LogP contribution in [0.4, 0.5) is 0 Å². The van der Waals surface area contributed by atoms with Gasteiger partial charge in [-0.2, -0.15) is 0 Å². The first-order chi connectivity index (χ1) is 11.6. The molecule has 1 atom stereocenters. The van der Waals surface area contributed by atoms with Crippen molar-refractivity contribution in [2.75, 3.05) is 7.11 Å². The Hall–Kier alpha value is -3.08. The molecule has 0 spiro atoms. The van der Waals surface area contributed by atoms with E-state index in [-0.39, 0.29) is 6.42 Å². The third-order valence-corrected chi connectivity index (χ3v) is 4.03. The van der Waals surface area contributed by atoms with Crippen molar-refractivity contribution in [1.29, 1.82) is 0 Å². The molecule has 0 unspecified atom stereocenters. The molecule has 0 fully saturated rings. The maximum atomic E-state index is 12.1. The van der Waals surface area contributed by atoms with Crippen LogP contribution in [0.5, 0.6) is 0 Å². The predicted molar refractivity (Wildman–Crippen MR) is 90.1 cm³/mol. The average molecular weight is 323 g/mol. The fourth-order valence-electron chi connectivity index (χ4n) is 2.95. The molecule has 0 saturated heterocycles. The highest BCUT2D eigenvalue weighted by Gasteiger charge is 2.23. The summed E-state index contributed by atoms with van der Waals surface area (Å²) in [4.78, 5) is 23.5. The largest absolute Gasteiger partial charge is 0.481 e. The van der Waals surface area contributed by atoms with Gasteiger partial charge in [0.1, 0.15) is 0 Å². The second-order valence-corrected chi connectivity index (χ2v) is 5.48. The molecule has 0 amide bonds. The smallest absolute Gasteiger partial charge is 0.340 e. The van der Waals surface area contributed by atoms with Gasteiger partial charge in [0.25, 0.3) is 0 Å². The van der Waals surface area contributed by atoms with Crippen molar-refractivity contribution in [3.05, 3.63) is 71.9 Å². The summed E-state index contributed by atoms with van der Waals surface area (Å²) in [6.07, 6.45) is 1.60. The van der Waals surface area contributed by atoms with Gasteiger partial charge in [-0.05, 0) is 11.6 Å². The minimum Gasteiger partial charge on any atom is -0.481 e. The zero-order valence-electron chi connectivity index (χ0n) is 13.2. The lowest BCUT2D eigenvalue weighted by atomic mass is 10.0. The van der Waals surface area contributed by atoms with Crippen molar-refractivity contribution in [3.63, 3.8) is 0 Å². The standard InChI is InChI=1S/C19H17NO4/c1-24-19(23)15-12-20(16-10-6-5-9-14(15)16)17(11-18(21)22)13-7-3-2-4-8-13/h2-10,12,17H,11H2,1H3,(H,21,22)/t17-/m1/s1. The van der Waals surface area contributed by atoms with E-state index in [4.69, 9.17) is 4.74 Å². The fraction of sp³-hybridized carbons (Fsp3) is 0.158. The minimum atomic E-state index is -0.902. The molecule has 5 heteroatoms. The zero-order valence-corrected chi connectivity index (χ0v) is 13.2. The van der Waals surface area contributed by atoms with Gasteiger partial charge in [-0.15, -0.1) is 0 Å². The molecule has 0 radical (unpaired) electrons. The van der Waals surface area contributed by atoms with Gasteiger partial charge < -0.3 is 14.4 Å². The number of hydrogen-bond donors (Lipinski definition) is 1. The summed E-state index contributed by atoms with van der Waals surface area (Å²) < 4.78 is 6.69. The minimum absolute atomic E-state index is 0.0801. The summed E-state index contributed by atoms with van der Waals surface area (Å²) in [6, 6.07) is 16.4. The summed E-state index contributed by atoms with van der Waals surface area (Å²) in [5, 5.41) is 10.1. The molecule has 0 aliphatic heterocycles. The van der Waals surface area contributed by atoms with Crippen LogP contribution in [-0.2, 0) is 9.53 Å². The van der Waals surface area contributed by atoms with Gasteiger partial charge >= 0.3 is 11.9 Å². The van der Waals surface area contributed by atoms with Crippen LogP contribution in [0, 0.1) is 0 Å². The van der Waals surface area contributed by atoms with E-state index < -0.39 is 18.0 Å². The molecular formula is C19H17NO4. The van der Waals surface area contributed by atoms with Crippen molar-refractivity contribution in [2.24, 2.45) is 0 Å². The molecule has 0 aliphatic carbocycles. The van der Waals surface area contributed by atoms with Crippen LogP contribution in [0.1, 0.15) is 28.4 Å². The molecule has 1 N–H and O–H groups in total. The summed E-state index contributed by atoms with van der Waals surface area (Å²) in [5.74, 6) is -1.34. The summed E-state index contributed by atoms with van der Waals surface area (Å²) >= 11 is 0. The number of carbonyl (C=O) groups is 2. The Labute approximate surface area is 139 Å². The van der Waals surface area contributed by atoms with Gasteiger partial charge in [-0.25, -0.2) is 4.79 Å². The van der Waals surface area contributed by atoms with E-state index in [2.05, 4.69) is 0 Å². The lowest BCUT2D eigenvalue weighted by Gasteiger charge is -2.19. The normalized spacial score (nSPS) is 12.0. The number of aromatic nitrogens is 1. The van der Waals surface area contributed by atoms with E-state index in [1.165, 1.54) is 7.11 Å². The van der Waals surface area contributed by atoms with E-state index >= 15 is 0 Å². The van der Waals surface area contributed by atoms with Gasteiger partial charge in [0.05, 0.1) is 25.1 Å². The number of hydrogen-bond acceptors (Lipinski definition) is 3. The second kappa shape index (κ2) is 6.58. The second-order valence-electron chi connectivity index (χ2n) is 5.48. The van der Waals surface area contributed by atoms with Crippen LogP contribution >= 0.6 is 0 Å². The van der Waals surface area contributed by atoms with Crippen molar-refractivity contribution >= 4 is 22.8 Å². The van der Waals surface area contributed by atoms with Crippen molar-refractivity contribution < 1.29 is 19.4 Å². The van der Waals surface area contributed by atoms with Gasteiger partial charge in [0.2, 0.25) is 0 Å². The number of carboxylic acids is 1. The Bertz CT molecular complexity index is 883. The molecule has 2 aromatic carbocycles. The Morgan fingerprint density at radius 3 is 2.42 bits per heavy atom. The van der Waals surface area contributed by atoms with Crippen LogP contribution in [0.2, 0.25) is 0 Å². The van der Waals surface area contributed by atoms with Crippen LogP contribution in [0.25, 0.3) is 10.9 Å². The van der Waals surface area contributed by atoms with Gasteiger partial charge in [0.15, 0.2) is 0 Å². The number of benzene rings is 2. The van der Waals surface area contributed by atoms with E-state index in [1.54, 1.807) is 6.20 Å². The molecular weight excluding hydrogens is 306 g/mol. The number of esters is 1. The van der Waals surface area contributed by atoms with E-state index in [0.717, 1.165) is 16.5 Å².